The molecule has 2 N–H and O–H groups in total. The highest BCUT2D eigenvalue weighted by Crippen LogP contribution is 2.20. The highest BCUT2D eigenvalue weighted by molar-refractivity contribution is 5.85. The number of hydrogen-bond donors (Lipinski definition) is 1. The molecule has 0 aliphatic heterocycles. The van der Waals surface area contributed by atoms with E-state index < -0.39 is 0 Å². The Balaban J connectivity index is 0.000000845. The van der Waals surface area contributed by atoms with Crippen molar-refractivity contribution in [2.75, 3.05) is 5.73 Å². The maximum absolute atomic E-state index is 5.67. The lowest BCUT2D eigenvalue weighted by Crippen LogP contribution is -1.89. The van der Waals surface area contributed by atoms with Crippen LogP contribution in [0.5, 0.6) is 0 Å². The van der Waals surface area contributed by atoms with Crippen LogP contribution in [-0.4, -0.2) is 4.57 Å². The van der Waals surface area contributed by atoms with E-state index in [0.29, 0.717) is 0 Å². The molecule has 0 atom stereocenters. The Hall–Kier alpha value is -1.15. The Morgan fingerprint density at radius 3 is 2.62 bits per heavy atom. The summed E-state index contributed by atoms with van der Waals surface area (Å²) in [5.41, 5.74) is 9.00. The molecule has 0 spiro atoms. The summed E-state index contributed by atoms with van der Waals surface area (Å²) < 4.78 is 2.16. The van der Waals surface area contributed by atoms with Crippen LogP contribution in [0.3, 0.4) is 0 Å². The van der Waals surface area contributed by atoms with Gasteiger partial charge >= 0.3 is 0 Å². The van der Waals surface area contributed by atoms with Crippen LogP contribution in [-0.2, 0) is 7.05 Å². The van der Waals surface area contributed by atoms with E-state index in [0.717, 1.165) is 5.69 Å². The normalized spacial score (nSPS) is 10.0. The van der Waals surface area contributed by atoms with Crippen molar-refractivity contribution in [1.29, 1.82) is 0 Å². The first kappa shape index (κ1) is 9.93. The van der Waals surface area contributed by atoms with Crippen molar-refractivity contribution in [1.82, 2.24) is 4.57 Å². The second kappa shape index (κ2) is 3.30. The van der Waals surface area contributed by atoms with Crippen LogP contribution < -0.4 is 5.73 Å². The first-order valence-electron chi connectivity index (χ1n) is 4.00. The number of fused-ring (bicyclic) bond motifs is 1. The number of anilines is 1. The molecular formula is C10H13ClN2. The number of rotatable bonds is 0. The smallest absolute Gasteiger partial charge is 0.0481 e. The maximum Gasteiger partial charge on any atom is 0.0481 e. The minimum Gasteiger partial charge on any atom is -0.399 e. The highest BCUT2D eigenvalue weighted by Gasteiger charge is 2.00. The van der Waals surface area contributed by atoms with E-state index in [1.807, 2.05) is 12.1 Å². The van der Waals surface area contributed by atoms with Crippen LogP contribution in [0, 0.1) is 6.92 Å². The number of aromatic nitrogens is 1. The van der Waals surface area contributed by atoms with Gasteiger partial charge in [-0.3, -0.25) is 0 Å². The van der Waals surface area contributed by atoms with Gasteiger partial charge in [0.1, 0.15) is 0 Å². The number of nitrogen functional groups attached to an aromatic ring is 1. The number of hydrogen-bond acceptors (Lipinski definition) is 1. The van der Waals surface area contributed by atoms with E-state index in [1.165, 1.54) is 16.6 Å². The Kier molecular flexibility index (Phi) is 2.52. The standard InChI is InChI=1S/C10H12N2.ClH/c1-7-5-8-6-9(11)3-4-10(8)12(7)2;/h3-6H,11H2,1-2H3;1H. The quantitative estimate of drug-likeness (QED) is 0.645. The van der Waals surface area contributed by atoms with E-state index >= 15 is 0 Å². The lowest BCUT2D eigenvalue weighted by Gasteiger charge is -1.98. The van der Waals surface area contributed by atoms with Gasteiger partial charge in [-0.25, -0.2) is 0 Å². The lowest BCUT2D eigenvalue weighted by atomic mass is 10.2. The molecule has 0 saturated carbocycles. The molecule has 1 heterocycles. The van der Waals surface area contributed by atoms with Crippen LogP contribution in [0.15, 0.2) is 24.3 Å². The summed E-state index contributed by atoms with van der Waals surface area (Å²) in [6, 6.07) is 8.13. The summed E-state index contributed by atoms with van der Waals surface area (Å²) in [4.78, 5) is 0. The number of aryl methyl sites for hydroxylation is 2. The summed E-state index contributed by atoms with van der Waals surface area (Å²) in [6.45, 7) is 2.09. The van der Waals surface area contributed by atoms with Gasteiger partial charge in [-0.2, -0.15) is 0 Å². The lowest BCUT2D eigenvalue weighted by molar-refractivity contribution is 0.918. The number of nitrogens with zero attached hydrogens (tertiary/aromatic N) is 1. The van der Waals surface area contributed by atoms with Crippen molar-refractivity contribution in [3.8, 4) is 0 Å². The monoisotopic (exact) mass is 196 g/mol. The Bertz CT molecular complexity index is 432. The first-order valence-corrected chi connectivity index (χ1v) is 4.00. The van der Waals surface area contributed by atoms with E-state index in [1.54, 1.807) is 0 Å². The van der Waals surface area contributed by atoms with E-state index in [9.17, 15) is 0 Å². The predicted octanol–water partition coefficient (Wildman–Crippen LogP) is 2.49. The molecule has 0 amide bonds. The van der Waals surface area contributed by atoms with Crippen molar-refractivity contribution in [2.24, 2.45) is 7.05 Å². The van der Waals surface area contributed by atoms with Crippen LogP contribution in [0.4, 0.5) is 5.69 Å². The molecular weight excluding hydrogens is 184 g/mol. The fourth-order valence-electron chi connectivity index (χ4n) is 1.51. The van der Waals surface area contributed by atoms with Gasteiger partial charge in [-0.05, 0) is 31.2 Å². The second-order valence-corrected chi connectivity index (χ2v) is 3.16. The van der Waals surface area contributed by atoms with Crippen molar-refractivity contribution in [2.45, 2.75) is 6.92 Å². The fourth-order valence-corrected chi connectivity index (χ4v) is 1.51. The molecule has 0 fully saturated rings. The van der Waals surface area contributed by atoms with E-state index in [-0.39, 0.29) is 12.4 Å². The Morgan fingerprint density at radius 2 is 1.92 bits per heavy atom. The molecule has 0 saturated heterocycles. The van der Waals surface area contributed by atoms with Gasteiger partial charge < -0.3 is 10.3 Å². The fraction of sp³-hybridized carbons (Fsp3) is 0.200. The molecule has 3 heteroatoms. The molecule has 2 aromatic rings. The average molecular weight is 197 g/mol. The topological polar surface area (TPSA) is 30.9 Å². The summed E-state index contributed by atoms with van der Waals surface area (Å²) in [7, 11) is 2.06. The Labute approximate surface area is 83.8 Å². The van der Waals surface area contributed by atoms with Crippen LogP contribution in [0.1, 0.15) is 5.69 Å². The van der Waals surface area contributed by atoms with Gasteiger partial charge in [-0.1, -0.05) is 0 Å². The third kappa shape index (κ3) is 1.49. The average Bonchev–Trinajstić information content (AvgIpc) is 2.28. The van der Waals surface area contributed by atoms with Crippen molar-refractivity contribution in [3.63, 3.8) is 0 Å². The molecule has 1 aromatic carbocycles. The summed E-state index contributed by atoms with van der Waals surface area (Å²) in [5.74, 6) is 0. The van der Waals surface area contributed by atoms with Crippen LogP contribution in [0.25, 0.3) is 10.9 Å². The van der Waals surface area contributed by atoms with Gasteiger partial charge in [0.25, 0.3) is 0 Å². The number of halogens is 1. The van der Waals surface area contributed by atoms with Crippen LogP contribution in [0.2, 0.25) is 0 Å². The van der Waals surface area contributed by atoms with Gasteiger partial charge in [0.05, 0.1) is 0 Å². The molecule has 2 nitrogen and oxygen atoms in total. The van der Waals surface area contributed by atoms with E-state index in [4.69, 9.17) is 5.73 Å². The van der Waals surface area contributed by atoms with Gasteiger partial charge in [-0.15, -0.1) is 12.4 Å². The number of nitrogens with two attached hydrogens (primary N) is 1. The number of benzene rings is 1. The van der Waals surface area contributed by atoms with E-state index in [2.05, 4.69) is 30.7 Å². The molecule has 0 radical (unpaired) electrons. The molecule has 0 bridgehead atoms. The van der Waals surface area contributed by atoms with Gasteiger partial charge in [0.2, 0.25) is 0 Å². The van der Waals surface area contributed by atoms with Gasteiger partial charge in [0, 0.05) is 29.3 Å². The van der Waals surface area contributed by atoms with Crippen molar-refractivity contribution < 1.29 is 0 Å². The summed E-state index contributed by atoms with van der Waals surface area (Å²) in [5, 5.41) is 1.22. The molecule has 0 aliphatic carbocycles. The largest absolute Gasteiger partial charge is 0.399 e. The first-order chi connectivity index (χ1) is 5.68. The van der Waals surface area contributed by atoms with Crippen molar-refractivity contribution >= 4 is 29.0 Å². The van der Waals surface area contributed by atoms with Gasteiger partial charge in [0.15, 0.2) is 0 Å². The molecule has 2 rings (SSSR count). The predicted molar refractivity (Wildman–Crippen MR) is 59.3 cm³/mol. The molecule has 13 heavy (non-hydrogen) atoms. The Morgan fingerprint density at radius 1 is 1.23 bits per heavy atom. The summed E-state index contributed by atoms with van der Waals surface area (Å²) in [6.07, 6.45) is 0. The minimum atomic E-state index is 0. The molecule has 1 aromatic heterocycles. The van der Waals surface area contributed by atoms with Crippen molar-refractivity contribution in [3.05, 3.63) is 30.0 Å². The third-order valence-corrected chi connectivity index (χ3v) is 2.31. The summed E-state index contributed by atoms with van der Waals surface area (Å²) >= 11 is 0. The SMILES string of the molecule is Cc1cc2cc(N)ccc2n1C.Cl. The highest BCUT2D eigenvalue weighted by atomic mass is 35.5. The zero-order valence-electron chi connectivity index (χ0n) is 7.74. The molecule has 0 aliphatic rings. The minimum absolute atomic E-state index is 0. The third-order valence-electron chi connectivity index (χ3n) is 2.31. The maximum atomic E-state index is 5.67. The molecule has 0 unspecified atom stereocenters. The molecule has 70 valence electrons. The van der Waals surface area contributed by atoms with Crippen LogP contribution >= 0.6 is 12.4 Å². The zero-order valence-corrected chi connectivity index (χ0v) is 8.56. The second-order valence-electron chi connectivity index (χ2n) is 3.16. The zero-order chi connectivity index (χ0) is 8.72.